The summed E-state index contributed by atoms with van der Waals surface area (Å²) >= 11 is 0. The van der Waals surface area contributed by atoms with Gasteiger partial charge in [-0.1, -0.05) is 66.4 Å². The molecule has 4 fully saturated rings. The van der Waals surface area contributed by atoms with Crippen LogP contribution in [-0.4, -0.2) is 65.3 Å². The van der Waals surface area contributed by atoms with E-state index in [9.17, 15) is 28.8 Å². The smallest absolute Gasteiger partial charge is 0.407 e. The number of carbonyl (C=O) groups is 6. The summed E-state index contributed by atoms with van der Waals surface area (Å²) in [6, 6.07) is -1.65. The number of rotatable bonds is 19. The van der Waals surface area contributed by atoms with Gasteiger partial charge in [0.05, 0.1) is 12.6 Å². The van der Waals surface area contributed by atoms with Gasteiger partial charge in [-0.25, -0.2) is 4.79 Å². The number of likely N-dealkylation sites (tertiary alicyclic amines) is 1. The number of nitrogens with one attached hydrogen (secondary N) is 1. The summed E-state index contributed by atoms with van der Waals surface area (Å²) < 4.78 is 5.45. The summed E-state index contributed by atoms with van der Waals surface area (Å²) in [5, 5.41) is 2.88. The topological polar surface area (TPSA) is 127 Å². The Morgan fingerprint density at radius 1 is 1.02 bits per heavy atom. The van der Waals surface area contributed by atoms with E-state index in [0.29, 0.717) is 51.0 Å². The van der Waals surface area contributed by atoms with E-state index in [1.54, 1.807) is 11.0 Å². The van der Waals surface area contributed by atoms with Crippen molar-refractivity contribution in [2.24, 2.45) is 46.8 Å². The minimum Gasteiger partial charge on any atom is -0.449 e. The zero-order chi connectivity index (χ0) is 34.5. The molecule has 0 radical (unpaired) electrons. The molecule has 7 unspecified atom stereocenters. The van der Waals surface area contributed by atoms with E-state index >= 15 is 0 Å². The maximum atomic E-state index is 14.6. The second-order valence-electron chi connectivity index (χ2n) is 15.8. The molecule has 3 saturated carbocycles. The third-order valence-corrected chi connectivity index (χ3v) is 11.4. The lowest BCUT2D eigenvalue weighted by atomic mass is 9.75. The Hall–Kier alpha value is -2.84. The molecule has 9 nitrogen and oxygen atoms in total. The summed E-state index contributed by atoms with van der Waals surface area (Å²) in [5.41, 5.74) is -0.135. The van der Waals surface area contributed by atoms with E-state index in [1.807, 2.05) is 20.8 Å². The second-order valence-corrected chi connectivity index (χ2v) is 15.8. The third kappa shape index (κ3) is 9.20. The predicted molar refractivity (Wildman–Crippen MR) is 179 cm³/mol. The Morgan fingerprint density at radius 3 is 2.38 bits per heavy atom. The van der Waals surface area contributed by atoms with Gasteiger partial charge in [-0.15, -0.1) is 6.58 Å². The largest absolute Gasteiger partial charge is 0.449 e. The molecule has 2 amide bonds. The fourth-order valence-electron chi connectivity index (χ4n) is 8.26. The minimum absolute atomic E-state index is 0.0514. The molecule has 4 rings (SSSR count). The lowest BCUT2D eigenvalue weighted by molar-refractivity contribution is -0.144. The zero-order valence-corrected chi connectivity index (χ0v) is 29.4. The molecular weight excluding hydrogens is 596 g/mol. The zero-order valence-electron chi connectivity index (χ0n) is 29.4. The number of ether oxygens (including phenoxy) is 1. The number of hydrogen-bond donors (Lipinski definition) is 1. The molecule has 0 spiro atoms. The van der Waals surface area contributed by atoms with Gasteiger partial charge in [0.15, 0.2) is 11.6 Å². The fourth-order valence-corrected chi connectivity index (χ4v) is 8.26. The van der Waals surface area contributed by atoms with Gasteiger partial charge in [-0.2, -0.15) is 0 Å². The molecule has 262 valence electrons. The average molecular weight is 655 g/mol. The average Bonchev–Trinajstić information content (AvgIpc) is 3.91. The first-order chi connectivity index (χ1) is 22.3. The molecule has 0 aromatic heterocycles. The predicted octanol–water partition coefficient (Wildman–Crippen LogP) is 6.27. The molecule has 7 atom stereocenters. The Balaban J connectivity index is 1.54. The van der Waals surface area contributed by atoms with Crippen LogP contribution in [0.1, 0.15) is 118 Å². The molecule has 1 N–H and O–H groups in total. The van der Waals surface area contributed by atoms with Gasteiger partial charge in [0.2, 0.25) is 11.7 Å². The third-order valence-electron chi connectivity index (χ3n) is 11.4. The highest BCUT2D eigenvalue weighted by Crippen LogP contribution is 2.65. The number of amides is 2. The highest BCUT2D eigenvalue weighted by molar-refractivity contribution is 6.38. The minimum atomic E-state index is -0.918. The summed E-state index contributed by atoms with van der Waals surface area (Å²) in [4.78, 5) is 82.4. The molecule has 3 aliphatic carbocycles. The number of carbonyl (C=O) groups excluding carboxylic acids is 6. The number of piperidine rings is 1. The van der Waals surface area contributed by atoms with Gasteiger partial charge < -0.3 is 15.0 Å². The number of ketones is 4. The first kappa shape index (κ1) is 37.0. The van der Waals surface area contributed by atoms with Crippen molar-refractivity contribution in [2.75, 3.05) is 13.2 Å². The van der Waals surface area contributed by atoms with Crippen molar-refractivity contribution >= 4 is 35.1 Å². The lowest BCUT2D eigenvalue weighted by Crippen LogP contribution is -2.57. The molecule has 47 heavy (non-hydrogen) atoms. The van der Waals surface area contributed by atoms with Crippen molar-refractivity contribution in [1.29, 1.82) is 0 Å². The molecule has 4 aliphatic rings. The second kappa shape index (κ2) is 16.0. The van der Waals surface area contributed by atoms with Gasteiger partial charge in [-0.3, -0.25) is 24.0 Å². The van der Waals surface area contributed by atoms with Crippen molar-refractivity contribution < 1.29 is 33.5 Å². The number of hydrogen-bond acceptors (Lipinski definition) is 7. The van der Waals surface area contributed by atoms with Gasteiger partial charge in [-0.05, 0) is 73.5 Å². The highest BCUT2D eigenvalue weighted by Gasteiger charge is 2.69. The quantitative estimate of drug-likeness (QED) is 0.129. The standard InChI is InChI=1S/C38H58N2O7/c1-7-9-14-30(42)35(44)27(11-8-2)20-31(43)34-32-28(38(32,5)6)21-40(34)36(45)33(39-37(46)47-22-23(3)4)26-13-10-12-25(19-26)29(41)18-17-24-15-16-24/h7,23-28,32-34H,1,8-22H2,2-6H3,(H,39,46). The first-order valence-corrected chi connectivity index (χ1v) is 18.3. The van der Waals surface area contributed by atoms with E-state index < -0.39 is 35.7 Å². The Morgan fingerprint density at radius 2 is 1.74 bits per heavy atom. The molecule has 0 aromatic carbocycles. The van der Waals surface area contributed by atoms with Crippen LogP contribution in [0.5, 0.6) is 0 Å². The van der Waals surface area contributed by atoms with Crippen molar-refractivity contribution in [1.82, 2.24) is 10.2 Å². The lowest BCUT2D eigenvalue weighted by Gasteiger charge is -2.38. The highest BCUT2D eigenvalue weighted by atomic mass is 16.5. The van der Waals surface area contributed by atoms with Crippen molar-refractivity contribution in [3.05, 3.63) is 12.7 Å². The summed E-state index contributed by atoms with van der Waals surface area (Å²) in [7, 11) is 0. The molecule has 0 bridgehead atoms. The normalized spacial score (nSPS) is 27.4. The molecule has 9 heteroatoms. The Bertz CT molecular complexity index is 1200. The maximum Gasteiger partial charge on any atom is 0.407 e. The molecule has 1 saturated heterocycles. The van der Waals surface area contributed by atoms with Crippen LogP contribution in [0.15, 0.2) is 12.7 Å². The fraction of sp³-hybridized carbons (Fsp3) is 0.789. The molecule has 1 aliphatic heterocycles. The van der Waals surface area contributed by atoms with Crippen molar-refractivity contribution in [3.63, 3.8) is 0 Å². The number of Topliss-reactive ketones (excluding diaryl/α,β-unsaturated/α-hetero) is 4. The van der Waals surface area contributed by atoms with E-state index in [0.717, 1.165) is 19.3 Å². The van der Waals surface area contributed by atoms with Crippen LogP contribution in [0.4, 0.5) is 4.79 Å². The molecule has 1 heterocycles. The van der Waals surface area contributed by atoms with Gasteiger partial charge >= 0.3 is 6.09 Å². The maximum absolute atomic E-state index is 14.6. The number of fused-ring (bicyclic) bond motifs is 1. The molecular formula is C38H58N2O7. The SMILES string of the molecule is C=CCCC(=O)C(=O)C(CCC)CC(=O)C1C2C(CN1C(=O)C(NC(=O)OCC(C)C)C1CCCC(C(=O)CCC3CC3)C1)C2(C)C. The molecule has 0 aromatic rings. The Labute approximate surface area is 281 Å². The van der Waals surface area contributed by atoms with E-state index in [2.05, 4.69) is 25.7 Å². The van der Waals surface area contributed by atoms with E-state index in [4.69, 9.17) is 4.74 Å². The van der Waals surface area contributed by atoms with E-state index in [1.165, 1.54) is 12.8 Å². The van der Waals surface area contributed by atoms with Gasteiger partial charge in [0.1, 0.15) is 11.8 Å². The van der Waals surface area contributed by atoms with Crippen molar-refractivity contribution in [2.45, 2.75) is 130 Å². The van der Waals surface area contributed by atoms with Crippen LogP contribution in [0.25, 0.3) is 0 Å². The van der Waals surface area contributed by atoms with Gasteiger partial charge in [0.25, 0.3) is 0 Å². The van der Waals surface area contributed by atoms with Gasteiger partial charge in [0, 0.05) is 37.6 Å². The summed E-state index contributed by atoms with van der Waals surface area (Å²) in [6.07, 6.45) is 9.10. The van der Waals surface area contributed by atoms with Crippen LogP contribution in [-0.2, 0) is 28.7 Å². The number of alkyl carbamates (subject to hydrolysis) is 1. The van der Waals surface area contributed by atoms with E-state index in [-0.39, 0.29) is 71.9 Å². The van der Waals surface area contributed by atoms with Crippen LogP contribution < -0.4 is 5.32 Å². The van der Waals surface area contributed by atoms with Crippen LogP contribution in [0, 0.1) is 46.8 Å². The number of allylic oxidation sites excluding steroid dienone is 1. The Kier molecular flexibility index (Phi) is 12.6. The van der Waals surface area contributed by atoms with Crippen LogP contribution in [0.2, 0.25) is 0 Å². The first-order valence-electron chi connectivity index (χ1n) is 18.3. The van der Waals surface area contributed by atoms with Crippen LogP contribution in [0.3, 0.4) is 0 Å². The monoisotopic (exact) mass is 654 g/mol. The summed E-state index contributed by atoms with van der Waals surface area (Å²) in [6.45, 7) is 14.3. The number of nitrogens with zero attached hydrogens (tertiary/aromatic N) is 1. The summed E-state index contributed by atoms with van der Waals surface area (Å²) in [5.74, 6) is -1.50. The van der Waals surface area contributed by atoms with Crippen molar-refractivity contribution in [3.8, 4) is 0 Å². The van der Waals surface area contributed by atoms with Crippen LogP contribution >= 0.6 is 0 Å².